The third-order valence-electron chi connectivity index (χ3n) is 2.89. The van der Waals surface area contributed by atoms with Crippen LogP contribution in [0.4, 0.5) is 0 Å². The number of amides is 2. The van der Waals surface area contributed by atoms with Crippen molar-refractivity contribution in [3.05, 3.63) is 0 Å². The second-order valence-corrected chi connectivity index (χ2v) is 6.67. The van der Waals surface area contributed by atoms with E-state index in [2.05, 4.69) is 23.3 Å². The molecule has 0 saturated carbocycles. The van der Waals surface area contributed by atoms with Crippen LogP contribution < -0.4 is 16.4 Å². The number of carbonyl (C=O) groups is 3. The van der Waals surface area contributed by atoms with Crippen LogP contribution in [0.5, 0.6) is 0 Å². The van der Waals surface area contributed by atoms with Crippen LogP contribution in [-0.2, 0) is 14.4 Å². The number of carboxylic acids is 1. The van der Waals surface area contributed by atoms with Gasteiger partial charge in [0.2, 0.25) is 11.8 Å². The molecule has 0 aliphatic rings. The van der Waals surface area contributed by atoms with Crippen molar-refractivity contribution in [3.63, 3.8) is 0 Å². The average Bonchev–Trinajstić information content (AvgIpc) is 2.32. The van der Waals surface area contributed by atoms with E-state index in [1.54, 1.807) is 13.8 Å². The van der Waals surface area contributed by atoms with Crippen LogP contribution in [0.2, 0.25) is 0 Å². The second-order valence-electron chi connectivity index (χ2n) is 5.52. The van der Waals surface area contributed by atoms with Crippen molar-refractivity contribution in [2.24, 2.45) is 5.73 Å². The van der Waals surface area contributed by atoms with Crippen LogP contribution in [0.1, 0.15) is 40.0 Å². The van der Waals surface area contributed by atoms with Gasteiger partial charge in [-0.15, -0.1) is 0 Å². The Morgan fingerprint density at radius 3 is 2.29 bits per heavy atom. The fourth-order valence-electron chi connectivity index (χ4n) is 1.67. The molecule has 0 rings (SSSR count). The number of hydrogen-bond donors (Lipinski definition) is 5. The summed E-state index contributed by atoms with van der Waals surface area (Å²) in [5, 5.41) is 14.1. The van der Waals surface area contributed by atoms with Gasteiger partial charge in [-0.3, -0.25) is 9.59 Å². The predicted octanol–water partition coefficient (Wildman–Crippen LogP) is -0.102. The van der Waals surface area contributed by atoms with Crippen molar-refractivity contribution < 1.29 is 19.5 Å². The van der Waals surface area contributed by atoms with E-state index in [1.807, 2.05) is 0 Å². The summed E-state index contributed by atoms with van der Waals surface area (Å²) in [6.45, 7) is 5.18. The van der Waals surface area contributed by atoms with Gasteiger partial charge >= 0.3 is 5.97 Å². The summed E-state index contributed by atoms with van der Waals surface area (Å²) in [6.07, 6.45) is 1.79. The molecule has 0 aromatic heterocycles. The molecule has 0 aromatic rings. The summed E-state index contributed by atoms with van der Waals surface area (Å²) < 4.78 is -0.896. The Labute approximate surface area is 130 Å². The molecule has 0 aliphatic carbocycles. The highest BCUT2D eigenvalue weighted by atomic mass is 32.1. The molecule has 0 aliphatic heterocycles. The zero-order chi connectivity index (χ0) is 16.6. The lowest BCUT2D eigenvalue weighted by molar-refractivity contribution is -0.142. The molecular weight excluding hydrogens is 294 g/mol. The fourth-order valence-corrected chi connectivity index (χ4v) is 1.85. The number of hydrogen-bond acceptors (Lipinski definition) is 5. The van der Waals surface area contributed by atoms with Crippen LogP contribution in [0, 0.1) is 0 Å². The lowest BCUT2D eigenvalue weighted by Crippen LogP contribution is -2.55. The average molecular weight is 319 g/mol. The van der Waals surface area contributed by atoms with Gasteiger partial charge in [0, 0.05) is 18.2 Å². The van der Waals surface area contributed by atoms with Crippen molar-refractivity contribution in [2.75, 3.05) is 6.54 Å². The molecule has 0 spiro atoms. The van der Waals surface area contributed by atoms with E-state index in [4.69, 9.17) is 10.8 Å². The van der Waals surface area contributed by atoms with Crippen molar-refractivity contribution in [1.29, 1.82) is 0 Å². The smallest absolute Gasteiger partial charge is 0.327 e. The number of carboxylic acid groups (broad SMARTS) is 1. The second kappa shape index (κ2) is 8.89. The van der Waals surface area contributed by atoms with E-state index in [0.717, 1.165) is 0 Å². The zero-order valence-corrected chi connectivity index (χ0v) is 13.6. The van der Waals surface area contributed by atoms with Gasteiger partial charge in [-0.05, 0) is 33.1 Å². The van der Waals surface area contributed by atoms with Crippen LogP contribution in [0.25, 0.3) is 0 Å². The number of rotatable bonds is 9. The highest BCUT2D eigenvalue weighted by molar-refractivity contribution is 7.81. The van der Waals surface area contributed by atoms with E-state index in [9.17, 15) is 14.4 Å². The van der Waals surface area contributed by atoms with E-state index < -0.39 is 28.7 Å². The van der Waals surface area contributed by atoms with Crippen LogP contribution in [0.15, 0.2) is 0 Å². The maximum absolute atomic E-state index is 11.9. The van der Waals surface area contributed by atoms with Gasteiger partial charge in [-0.2, -0.15) is 12.6 Å². The molecule has 2 amide bonds. The first kappa shape index (κ1) is 19.7. The van der Waals surface area contributed by atoms with Crippen molar-refractivity contribution in [3.8, 4) is 0 Å². The normalized spacial score (nSPS) is 14.1. The Kier molecular flexibility index (Phi) is 8.34. The minimum Gasteiger partial charge on any atom is -0.480 e. The molecule has 0 saturated heterocycles. The first-order valence-electron chi connectivity index (χ1n) is 6.81. The maximum atomic E-state index is 11.9. The summed E-state index contributed by atoms with van der Waals surface area (Å²) in [5.74, 6) is -1.76. The van der Waals surface area contributed by atoms with Crippen LogP contribution in [-0.4, -0.2) is 46.3 Å². The van der Waals surface area contributed by atoms with Gasteiger partial charge < -0.3 is 21.5 Å². The van der Waals surface area contributed by atoms with Gasteiger partial charge in [0.1, 0.15) is 6.04 Å². The lowest BCUT2D eigenvalue weighted by atomic mass is 10.0. The molecule has 5 N–H and O–H groups in total. The van der Waals surface area contributed by atoms with Gasteiger partial charge in [-0.1, -0.05) is 0 Å². The van der Waals surface area contributed by atoms with Crippen LogP contribution in [0.3, 0.4) is 0 Å². The van der Waals surface area contributed by atoms with Gasteiger partial charge in [0.25, 0.3) is 0 Å². The quantitative estimate of drug-likeness (QED) is 0.300. The predicted molar refractivity (Wildman–Crippen MR) is 83.1 cm³/mol. The molecule has 0 fully saturated rings. The third kappa shape index (κ3) is 8.56. The van der Waals surface area contributed by atoms with E-state index in [-0.39, 0.29) is 5.91 Å². The fraction of sp³-hybridized carbons (Fsp3) is 0.769. The zero-order valence-electron chi connectivity index (χ0n) is 12.7. The first-order valence-corrected chi connectivity index (χ1v) is 7.26. The topological polar surface area (TPSA) is 122 Å². The van der Waals surface area contributed by atoms with Crippen LogP contribution >= 0.6 is 12.6 Å². The van der Waals surface area contributed by atoms with Crippen molar-refractivity contribution >= 4 is 30.4 Å². The molecular formula is C13H25N3O4S. The summed E-state index contributed by atoms with van der Waals surface area (Å²) in [7, 11) is 0. The van der Waals surface area contributed by atoms with Gasteiger partial charge in [0.15, 0.2) is 0 Å². The number of nitrogens with two attached hydrogens (primary N) is 1. The highest BCUT2D eigenvalue weighted by Crippen LogP contribution is 2.18. The van der Waals surface area contributed by atoms with E-state index in [1.165, 1.54) is 6.92 Å². The van der Waals surface area contributed by atoms with Gasteiger partial charge in [-0.25, -0.2) is 4.79 Å². The number of aliphatic carboxylic acids is 1. The van der Waals surface area contributed by atoms with E-state index >= 15 is 0 Å². The lowest BCUT2D eigenvalue weighted by Gasteiger charge is -2.28. The summed E-state index contributed by atoms with van der Waals surface area (Å²) in [5.41, 5.74) is 5.73. The molecule has 0 aromatic carbocycles. The molecule has 0 unspecified atom stereocenters. The molecule has 7 nitrogen and oxygen atoms in total. The number of nitrogens with one attached hydrogen (secondary N) is 2. The third-order valence-corrected chi connectivity index (χ3v) is 3.15. The Hall–Kier alpha value is -1.28. The molecule has 8 heteroatoms. The number of unbranched alkanes of at least 4 members (excludes halogenated alkanes) is 1. The Morgan fingerprint density at radius 1 is 1.29 bits per heavy atom. The SMILES string of the molecule is CC(=O)NCCCC[C@H](N)C(=O)N[C@H](C(=O)O)C(C)(C)S. The maximum Gasteiger partial charge on any atom is 0.327 e. The summed E-state index contributed by atoms with van der Waals surface area (Å²) in [4.78, 5) is 33.7. The highest BCUT2D eigenvalue weighted by Gasteiger charge is 2.34. The minimum atomic E-state index is -1.15. The molecule has 2 atom stereocenters. The standard InChI is InChI=1S/C13H25N3O4S/c1-8(17)15-7-5-4-6-9(14)11(18)16-10(12(19)20)13(2,3)21/h9-10,21H,4-7,14H2,1-3H3,(H,15,17)(H,16,18)(H,19,20)/t9-,10+/m0/s1. The molecule has 0 bridgehead atoms. The monoisotopic (exact) mass is 319 g/mol. The van der Waals surface area contributed by atoms with Gasteiger partial charge in [0.05, 0.1) is 6.04 Å². The summed E-state index contributed by atoms with van der Waals surface area (Å²) >= 11 is 4.17. The Morgan fingerprint density at radius 2 is 1.86 bits per heavy atom. The molecule has 0 heterocycles. The van der Waals surface area contributed by atoms with Crippen molar-refractivity contribution in [1.82, 2.24) is 10.6 Å². The van der Waals surface area contributed by atoms with Crippen molar-refractivity contribution in [2.45, 2.75) is 56.9 Å². The Balaban J connectivity index is 4.20. The molecule has 21 heavy (non-hydrogen) atoms. The largest absolute Gasteiger partial charge is 0.480 e. The van der Waals surface area contributed by atoms with E-state index in [0.29, 0.717) is 25.8 Å². The molecule has 122 valence electrons. The Bertz CT molecular complexity index is 382. The number of thiol groups is 1. The minimum absolute atomic E-state index is 0.0997. The molecule has 0 radical (unpaired) electrons. The first-order chi connectivity index (χ1) is 9.55. The summed E-state index contributed by atoms with van der Waals surface area (Å²) in [6, 6.07) is -1.89. The number of carbonyl (C=O) groups excluding carboxylic acids is 2.